The third-order valence-electron chi connectivity index (χ3n) is 3.12. The summed E-state index contributed by atoms with van der Waals surface area (Å²) in [5, 5.41) is 13.2. The lowest BCUT2D eigenvalue weighted by molar-refractivity contribution is -0.134. The molecule has 118 valence electrons. The second-order valence-corrected chi connectivity index (χ2v) is 5.79. The van der Waals surface area contributed by atoms with Gasteiger partial charge in [0.25, 0.3) is 5.91 Å². The minimum Gasteiger partial charge on any atom is -0.478 e. The van der Waals surface area contributed by atoms with Gasteiger partial charge in [-0.25, -0.2) is 0 Å². The molecule has 0 bridgehead atoms. The average molecular weight is 324 g/mol. The Morgan fingerprint density at radius 3 is 2.64 bits per heavy atom. The van der Waals surface area contributed by atoms with Crippen LogP contribution in [-0.2, 0) is 4.79 Å². The molecule has 2 aromatic rings. The van der Waals surface area contributed by atoms with Gasteiger partial charge in [0.05, 0.1) is 18.6 Å². The molecule has 1 aromatic carbocycles. The molecular weight excluding hydrogens is 306 g/mol. The van der Waals surface area contributed by atoms with Crippen LogP contribution in [0.3, 0.4) is 0 Å². The van der Waals surface area contributed by atoms with Crippen molar-refractivity contribution in [1.82, 2.24) is 5.32 Å². The van der Waals surface area contributed by atoms with Gasteiger partial charge < -0.3 is 19.6 Å². The Labute approximate surface area is 133 Å². The predicted molar refractivity (Wildman–Crippen MR) is 82.8 cm³/mol. The molecule has 0 unspecified atom stereocenters. The first-order valence-corrected chi connectivity index (χ1v) is 7.19. The maximum atomic E-state index is 12.2. The first-order valence-electron chi connectivity index (χ1n) is 6.81. The highest BCUT2D eigenvalue weighted by Gasteiger charge is 2.30. The molecule has 1 atom stereocenters. The van der Waals surface area contributed by atoms with Crippen LogP contribution >= 0.6 is 11.6 Å². The molecular formula is C16H18ClNO4. The number of aliphatic hydroxyl groups is 1. The lowest BCUT2D eigenvalue weighted by Gasteiger charge is -2.26. The van der Waals surface area contributed by atoms with Gasteiger partial charge in [0.2, 0.25) is 0 Å². The van der Waals surface area contributed by atoms with Crippen molar-refractivity contribution in [2.24, 2.45) is 0 Å². The van der Waals surface area contributed by atoms with E-state index in [1.807, 2.05) is 0 Å². The maximum absolute atomic E-state index is 12.2. The number of furan rings is 1. The summed E-state index contributed by atoms with van der Waals surface area (Å²) in [6, 6.07) is 8.41. The molecule has 0 aliphatic rings. The zero-order valence-corrected chi connectivity index (χ0v) is 13.1. The molecule has 0 spiro atoms. The van der Waals surface area contributed by atoms with Crippen LogP contribution < -0.4 is 10.1 Å². The topological polar surface area (TPSA) is 71.7 Å². The lowest BCUT2D eigenvalue weighted by atomic mass is 10.1. The molecule has 2 N–H and O–H groups in total. The molecule has 2 rings (SSSR count). The Hall–Kier alpha value is -1.98. The van der Waals surface area contributed by atoms with Crippen LogP contribution in [0.25, 0.3) is 0 Å². The Morgan fingerprint density at radius 1 is 1.36 bits per heavy atom. The molecule has 0 radical (unpaired) electrons. The number of nitrogens with one attached hydrogen (secondary N) is 1. The summed E-state index contributed by atoms with van der Waals surface area (Å²) in [6.07, 6.45) is 2.08. The number of halogens is 1. The Bertz CT molecular complexity index is 608. The highest BCUT2D eigenvalue weighted by atomic mass is 35.5. The minimum absolute atomic E-state index is 0.0752. The second-order valence-electron chi connectivity index (χ2n) is 5.35. The molecule has 6 heteroatoms. The van der Waals surface area contributed by atoms with Crippen molar-refractivity contribution in [2.75, 3.05) is 6.54 Å². The molecule has 0 saturated heterocycles. The maximum Gasteiger partial charge on any atom is 0.263 e. The Morgan fingerprint density at radius 2 is 2.05 bits per heavy atom. The van der Waals surface area contributed by atoms with Crippen LogP contribution in [-0.4, -0.2) is 23.2 Å². The van der Waals surface area contributed by atoms with Crippen molar-refractivity contribution in [3.63, 3.8) is 0 Å². The number of ether oxygens (including phenoxy) is 1. The number of aliphatic hydroxyl groups excluding tert-OH is 1. The zero-order valence-electron chi connectivity index (χ0n) is 12.4. The number of carbonyl (C=O) groups is 1. The SMILES string of the molecule is CC(C)(Oc1ccc(Cl)cc1)C(=O)NC[C@H](O)c1ccoc1. The van der Waals surface area contributed by atoms with Crippen molar-refractivity contribution < 1.29 is 19.1 Å². The summed E-state index contributed by atoms with van der Waals surface area (Å²) < 4.78 is 10.6. The van der Waals surface area contributed by atoms with Crippen LogP contribution in [0.2, 0.25) is 5.02 Å². The summed E-state index contributed by atoms with van der Waals surface area (Å²) in [6.45, 7) is 3.38. The molecule has 0 aliphatic heterocycles. The standard InChI is InChI=1S/C16H18ClNO4/c1-16(2,22-13-5-3-12(17)4-6-13)15(20)18-9-14(19)11-7-8-21-10-11/h3-8,10,14,19H,9H2,1-2H3,(H,18,20)/t14-/m0/s1. The van der Waals surface area contributed by atoms with Crippen molar-refractivity contribution >= 4 is 17.5 Å². The Kier molecular flexibility index (Phi) is 5.11. The van der Waals surface area contributed by atoms with Crippen LogP contribution in [0.4, 0.5) is 0 Å². The van der Waals surface area contributed by atoms with Gasteiger partial charge in [-0.05, 0) is 44.2 Å². The van der Waals surface area contributed by atoms with Crippen molar-refractivity contribution in [1.29, 1.82) is 0 Å². The smallest absolute Gasteiger partial charge is 0.263 e. The third kappa shape index (κ3) is 4.26. The molecule has 1 heterocycles. The number of hydrogen-bond acceptors (Lipinski definition) is 4. The number of rotatable bonds is 6. The molecule has 0 aliphatic carbocycles. The van der Waals surface area contributed by atoms with Crippen LogP contribution in [0, 0.1) is 0 Å². The number of hydrogen-bond donors (Lipinski definition) is 2. The van der Waals surface area contributed by atoms with Gasteiger partial charge in [0.15, 0.2) is 5.60 Å². The van der Waals surface area contributed by atoms with E-state index in [1.165, 1.54) is 12.5 Å². The van der Waals surface area contributed by atoms with Gasteiger partial charge in [0, 0.05) is 17.1 Å². The van der Waals surface area contributed by atoms with Crippen molar-refractivity contribution in [3.8, 4) is 5.75 Å². The summed E-state index contributed by atoms with van der Waals surface area (Å²) in [7, 11) is 0. The first-order chi connectivity index (χ1) is 10.4. The van der Waals surface area contributed by atoms with Gasteiger partial charge in [-0.1, -0.05) is 11.6 Å². The second kappa shape index (κ2) is 6.85. The monoisotopic (exact) mass is 323 g/mol. The highest BCUT2D eigenvalue weighted by molar-refractivity contribution is 6.30. The lowest BCUT2D eigenvalue weighted by Crippen LogP contribution is -2.47. The number of amides is 1. The van der Waals surface area contributed by atoms with Gasteiger partial charge in [-0.2, -0.15) is 0 Å². The summed E-state index contributed by atoms with van der Waals surface area (Å²) in [5.41, 5.74) is -0.471. The highest BCUT2D eigenvalue weighted by Crippen LogP contribution is 2.21. The third-order valence-corrected chi connectivity index (χ3v) is 3.37. The van der Waals surface area contributed by atoms with Gasteiger partial charge >= 0.3 is 0 Å². The van der Waals surface area contributed by atoms with Gasteiger partial charge in [0.1, 0.15) is 5.75 Å². The molecule has 1 amide bonds. The first kappa shape index (κ1) is 16.4. The van der Waals surface area contributed by atoms with E-state index in [1.54, 1.807) is 44.2 Å². The summed E-state index contributed by atoms with van der Waals surface area (Å²) in [4.78, 5) is 12.2. The van der Waals surface area contributed by atoms with E-state index in [-0.39, 0.29) is 12.5 Å². The van der Waals surface area contributed by atoms with Gasteiger partial charge in [-0.15, -0.1) is 0 Å². The Balaban J connectivity index is 1.91. The fraction of sp³-hybridized carbons (Fsp3) is 0.312. The van der Waals surface area contributed by atoms with E-state index >= 15 is 0 Å². The quantitative estimate of drug-likeness (QED) is 0.857. The largest absolute Gasteiger partial charge is 0.478 e. The fourth-order valence-electron chi connectivity index (χ4n) is 1.83. The molecule has 5 nitrogen and oxygen atoms in total. The van der Waals surface area contributed by atoms with E-state index < -0.39 is 11.7 Å². The summed E-state index contributed by atoms with van der Waals surface area (Å²) >= 11 is 5.81. The summed E-state index contributed by atoms with van der Waals surface area (Å²) in [5.74, 6) is 0.213. The molecule has 22 heavy (non-hydrogen) atoms. The minimum atomic E-state index is -1.08. The van der Waals surface area contributed by atoms with E-state index in [4.69, 9.17) is 20.8 Å². The average Bonchev–Trinajstić information content (AvgIpc) is 3.01. The van der Waals surface area contributed by atoms with E-state index in [0.717, 1.165) is 0 Å². The van der Waals surface area contributed by atoms with Crippen LogP contribution in [0.1, 0.15) is 25.5 Å². The normalized spacial score (nSPS) is 12.7. The van der Waals surface area contributed by atoms with Crippen molar-refractivity contribution in [2.45, 2.75) is 25.6 Å². The van der Waals surface area contributed by atoms with Crippen molar-refractivity contribution in [3.05, 3.63) is 53.4 Å². The molecule has 0 fully saturated rings. The molecule has 0 saturated carbocycles. The number of benzene rings is 1. The van der Waals surface area contributed by atoms with E-state index in [9.17, 15) is 9.90 Å². The number of carbonyl (C=O) groups excluding carboxylic acids is 1. The van der Waals surface area contributed by atoms with E-state index in [2.05, 4.69) is 5.32 Å². The zero-order chi connectivity index (χ0) is 16.2. The van der Waals surface area contributed by atoms with Gasteiger partial charge in [-0.3, -0.25) is 4.79 Å². The van der Waals surface area contributed by atoms with Crippen LogP contribution in [0.5, 0.6) is 5.75 Å². The fourth-order valence-corrected chi connectivity index (χ4v) is 1.95. The van der Waals surface area contributed by atoms with E-state index in [0.29, 0.717) is 16.3 Å². The molecule has 1 aromatic heterocycles. The van der Waals surface area contributed by atoms with Crippen LogP contribution in [0.15, 0.2) is 47.3 Å². The predicted octanol–water partition coefficient (Wildman–Crippen LogP) is 2.94.